The summed E-state index contributed by atoms with van der Waals surface area (Å²) < 4.78 is 5.52. The van der Waals surface area contributed by atoms with Crippen LogP contribution in [0.5, 0.6) is 0 Å². The van der Waals surface area contributed by atoms with Crippen LogP contribution >= 0.6 is 23.1 Å². The molecule has 0 unspecified atom stereocenters. The number of hydrogen-bond donors (Lipinski definition) is 0. The number of ether oxygens (including phenoxy) is 1. The molecule has 4 rings (SSSR count). The van der Waals surface area contributed by atoms with Gasteiger partial charge in [-0.05, 0) is 29.5 Å². The summed E-state index contributed by atoms with van der Waals surface area (Å²) in [7, 11) is 0. The molecule has 2 aromatic rings. The Morgan fingerprint density at radius 3 is 2.56 bits per heavy atom. The zero-order valence-corrected chi connectivity index (χ0v) is 16.3. The number of morpholine rings is 1. The Hall–Kier alpha value is -1.30. The Labute approximate surface area is 157 Å². The minimum Gasteiger partial charge on any atom is -0.378 e. The summed E-state index contributed by atoms with van der Waals surface area (Å²) in [6.07, 6.45) is 1.63. The van der Waals surface area contributed by atoms with Crippen LogP contribution in [0.4, 0.5) is 5.00 Å². The average molecular weight is 374 g/mol. The van der Waals surface area contributed by atoms with Crippen LogP contribution in [0, 0.1) is 5.41 Å². The van der Waals surface area contributed by atoms with Crippen LogP contribution in [0.25, 0.3) is 0 Å². The maximum Gasteiger partial charge on any atom is 0.173 e. The van der Waals surface area contributed by atoms with Gasteiger partial charge in [-0.15, -0.1) is 11.3 Å². The number of ketones is 1. The highest BCUT2D eigenvalue weighted by Gasteiger charge is 2.36. The monoisotopic (exact) mass is 373 g/mol. The number of carbonyl (C=O) groups is 1. The minimum atomic E-state index is 0.0411. The summed E-state index contributed by atoms with van der Waals surface area (Å²) in [5.74, 6) is 0.311. The van der Waals surface area contributed by atoms with E-state index < -0.39 is 0 Å². The van der Waals surface area contributed by atoms with Gasteiger partial charge in [0.15, 0.2) is 5.78 Å². The lowest BCUT2D eigenvalue weighted by Crippen LogP contribution is -2.36. The molecule has 1 saturated heterocycles. The van der Waals surface area contributed by atoms with Gasteiger partial charge in [-0.2, -0.15) is 0 Å². The van der Waals surface area contributed by atoms with E-state index in [1.54, 1.807) is 11.3 Å². The fraction of sp³-hybridized carbons (Fsp3) is 0.450. The van der Waals surface area contributed by atoms with E-state index in [4.69, 9.17) is 4.74 Å². The molecule has 0 N–H and O–H groups in total. The van der Waals surface area contributed by atoms with Gasteiger partial charge in [-0.25, -0.2) is 0 Å². The lowest BCUT2D eigenvalue weighted by atomic mass is 9.76. The molecule has 1 aromatic carbocycles. The molecule has 1 fully saturated rings. The molecule has 0 saturated carbocycles. The standard InChI is InChI=1S/C20H23NO2S2/c1-20(2)12-15-17(16(22)13-20)25-19(21-8-10-23-11-9-21)18(15)24-14-6-4-3-5-7-14/h3-7H,8-13H2,1-2H3. The van der Waals surface area contributed by atoms with E-state index in [-0.39, 0.29) is 5.41 Å². The van der Waals surface area contributed by atoms with E-state index in [0.717, 1.165) is 37.6 Å². The zero-order valence-electron chi connectivity index (χ0n) is 14.7. The van der Waals surface area contributed by atoms with Gasteiger partial charge in [0, 0.05) is 24.4 Å². The van der Waals surface area contributed by atoms with Crippen LogP contribution in [-0.4, -0.2) is 32.1 Å². The largest absolute Gasteiger partial charge is 0.378 e. The van der Waals surface area contributed by atoms with Crippen molar-refractivity contribution in [2.45, 2.75) is 36.5 Å². The highest BCUT2D eigenvalue weighted by Crippen LogP contribution is 2.50. The lowest BCUT2D eigenvalue weighted by Gasteiger charge is -2.30. The molecule has 0 bridgehead atoms. The van der Waals surface area contributed by atoms with Crippen molar-refractivity contribution in [3.63, 3.8) is 0 Å². The smallest absolute Gasteiger partial charge is 0.173 e. The van der Waals surface area contributed by atoms with Crippen molar-refractivity contribution in [1.82, 2.24) is 0 Å². The summed E-state index contributed by atoms with van der Waals surface area (Å²) >= 11 is 3.50. The molecule has 0 atom stereocenters. The molecular weight excluding hydrogens is 350 g/mol. The molecule has 0 radical (unpaired) electrons. The van der Waals surface area contributed by atoms with Crippen molar-refractivity contribution in [2.75, 3.05) is 31.2 Å². The second kappa shape index (κ2) is 6.78. The number of benzene rings is 1. The molecule has 5 heteroatoms. The Kier molecular flexibility index (Phi) is 4.65. The van der Waals surface area contributed by atoms with Crippen molar-refractivity contribution in [2.24, 2.45) is 5.41 Å². The fourth-order valence-electron chi connectivity index (χ4n) is 3.56. The third-order valence-electron chi connectivity index (χ3n) is 4.75. The molecule has 132 valence electrons. The van der Waals surface area contributed by atoms with Crippen LogP contribution in [0.3, 0.4) is 0 Å². The number of thiophene rings is 1. The fourth-order valence-corrected chi connectivity index (χ4v) is 6.13. The molecular formula is C20H23NO2S2. The first kappa shape index (κ1) is 17.1. The normalized spacial score (nSPS) is 19.8. The number of hydrogen-bond acceptors (Lipinski definition) is 5. The number of fused-ring (bicyclic) bond motifs is 1. The Bertz CT molecular complexity index is 776. The SMILES string of the molecule is CC1(C)CC(=O)c2sc(N3CCOCC3)c(Sc3ccccc3)c2C1. The van der Waals surface area contributed by atoms with Gasteiger partial charge < -0.3 is 9.64 Å². The van der Waals surface area contributed by atoms with Gasteiger partial charge in [0.1, 0.15) is 5.00 Å². The maximum absolute atomic E-state index is 12.8. The van der Waals surface area contributed by atoms with Gasteiger partial charge >= 0.3 is 0 Å². The minimum absolute atomic E-state index is 0.0411. The molecule has 3 nitrogen and oxygen atoms in total. The number of anilines is 1. The number of Topliss-reactive ketones (excluding diaryl/α,β-unsaturated/α-hetero) is 1. The van der Waals surface area contributed by atoms with E-state index in [1.807, 2.05) is 17.8 Å². The molecule has 25 heavy (non-hydrogen) atoms. The Morgan fingerprint density at radius 2 is 1.84 bits per heavy atom. The molecule has 1 aliphatic heterocycles. The highest BCUT2D eigenvalue weighted by atomic mass is 32.2. The quantitative estimate of drug-likeness (QED) is 0.766. The van der Waals surface area contributed by atoms with Crippen LogP contribution in [0.1, 0.15) is 35.5 Å². The summed E-state index contributed by atoms with van der Waals surface area (Å²) in [4.78, 5) is 18.7. The first-order chi connectivity index (χ1) is 12.0. The van der Waals surface area contributed by atoms with Crippen LogP contribution in [0.15, 0.2) is 40.1 Å². The van der Waals surface area contributed by atoms with Crippen molar-refractivity contribution in [1.29, 1.82) is 0 Å². The summed E-state index contributed by atoms with van der Waals surface area (Å²) in [5.41, 5.74) is 1.31. The first-order valence-electron chi connectivity index (χ1n) is 8.78. The zero-order chi connectivity index (χ0) is 17.4. The third-order valence-corrected chi connectivity index (χ3v) is 7.37. The average Bonchev–Trinajstić information content (AvgIpc) is 2.94. The highest BCUT2D eigenvalue weighted by molar-refractivity contribution is 7.99. The van der Waals surface area contributed by atoms with Gasteiger partial charge in [-0.1, -0.05) is 43.8 Å². The van der Waals surface area contributed by atoms with Gasteiger partial charge in [0.25, 0.3) is 0 Å². The van der Waals surface area contributed by atoms with Crippen molar-refractivity contribution in [3.05, 3.63) is 40.8 Å². The predicted molar refractivity (Wildman–Crippen MR) is 104 cm³/mol. The van der Waals surface area contributed by atoms with Gasteiger partial charge in [0.2, 0.25) is 0 Å². The lowest BCUT2D eigenvalue weighted by molar-refractivity contribution is 0.0916. The van der Waals surface area contributed by atoms with Gasteiger partial charge in [0.05, 0.1) is 23.0 Å². The van der Waals surface area contributed by atoms with E-state index in [1.165, 1.54) is 20.4 Å². The number of carbonyl (C=O) groups excluding carboxylic acids is 1. The summed E-state index contributed by atoms with van der Waals surface area (Å²) in [6.45, 7) is 7.74. The molecule has 1 aromatic heterocycles. The van der Waals surface area contributed by atoms with Crippen LogP contribution in [0.2, 0.25) is 0 Å². The van der Waals surface area contributed by atoms with E-state index in [2.05, 4.69) is 43.0 Å². The summed E-state index contributed by atoms with van der Waals surface area (Å²) in [5, 5.41) is 1.26. The molecule has 2 aliphatic rings. The number of nitrogens with zero attached hydrogens (tertiary/aromatic N) is 1. The maximum atomic E-state index is 12.8. The van der Waals surface area contributed by atoms with Crippen LogP contribution < -0.4 is 4.90 Å². The van der Waals surface area contributed by atoms with Crippen LogP contribution in [-0.2, 0) is 11.2 Å². The molecule has 2 heterocycles. The van der Waals surface area contributed by atoms with E-state index in [9.17, 15) is 4.79 Å². The molecule has 0 amide bonds. The van der Waals surface area contributed by atoms with E-state index in [0.29, 0.717) is 12.2 Å². The third kappa shape index (κ3) is 3.50. The Balaban J connectivity index is 1.79. The second-order valence-electron chi connectivity index (χ2n) is 7.50. The van der Waals surface area contributed by atoms with Crippen molar-refractivity contribution >= 4 is 33.9 Å². The number of rotatable bonds is 3. The van der Waals surface area contributed by atoms with Crippen molar-refractivity contribution < 1.29 is 9.53 Å². The van der Waals surface area contributed by atoms with E-state index >= 15 is 0 Å². The Morgan fingerprint density at radius 1 is 1.12 bits per heavy atom. The topological polar surface area (TPSA) is 29.5 Å². The summed E-state index contributed by atoms with van der Waals surface area (Å²) in [6, 6.07) is 10.5. The predicted octanol–water partition coefficient (Wildman–Crippen LogP) is 4.89. The molecule has 0 spiro atoms. The van der Waals surface area contributed by atoms with Crippen molar-refractivity contribution in [3.8, 4) is 0 Å². The van der Waals surface area contributed by atoms with Gasteiger partial charge in [-0.3, -0.25) is 4.79 Å². The molecule has 1 aliphatic carbocycles. The second-order valence-corrected chi connectivity index (χ2v) is 9.58. The first-order valence-corrected chi connectivity index (χ1v) is 10.4.